The number of hydrogen-bond acceptors (Lipinski definition) is 4. The molecule has 19 heavy (non-hydrogen) atoms. The molecule has 0 radical (unpaired) electrons. The molecular weight excluding hydrogens is 322 g/mol. The van der Waals surface area contributed by atoms with Crippen molar-refractivity contribution in [3.05, 3.63) is 50.9 Å². The van der Waals surface area contributed by atoms with Gasteiger partial charge in [-0.15, -0.1) is 11.3 Å². The molecule has 2 N–H and O–H groups in total. The zero-order valence-corrected chi connectivity index (χ0v) is 13.3. The van der Waals surface area contributed by atoms with E-state index in [4.69, 9.17) is 5.73 Å². The van der Waals surface area contributed by atoms with Crippen molar-refractivity contribution in [1.29, 1.82) is 0 Å². The molecule has 0 aliphatic rings. The molecule has 0 aliphatic carbocycles. The second-order valence-electron chi connectivity index (χ2n) is 4.47. The van der Waals surface area contributed by atoms with Crippen LogP contribution in [0.15, 0.2) is 40.3 Å². The maximum absolute atomic E-state index is 5.92. The van der Waals surface area contributed by atoms with Gasteiger partial charge in [0.05, 0.1) is 6.04 Å². The van der Waals surface area contributed by atoms with E-state index in [1.54, 1.807) is 11.3 Å². The second kappa shape index (κ2) is 7.14. The number of pyridine rings is 1. The fourth-order valence-corrected chi connectivity index (χ4v) is 3.63. The summed E-state index contributed by atoms with van der Waals surface area (Å²) in [5.74, 6) is 0. The summed E-state index contributed by atoms with van der Waals surface area (Å²) in [4.78, 5) is 7.95. The van der Waals surface area contributed by atoms with Gasteiger partial charge in [-0.2, -0.15) is 0 Å². The van der Waals surface area contributed by atoms with Crippen LogP contribution in [-0.2, 0) is 6.42 Å². The fourth-order valence-electron chi connectivity index (χ4n) is 2.01. The van der Waals surface area contributed by atoms with Gasteiger partial charge in [0.1, 0.15) is 0 Å². The lowest BCUT2D eigenvalue weighted by atomic mass is 10.2. The first-order valence-corrected chi connectivity index (χ1v) is 7.92. The summed E-state index contributed by atoms with van der Waals surface area (Å²) >= 11 is 5.24. The first-order chi connectivity index (χ1) is 9.20. The molecular formula is C14H18BrN3S. The van der Waals surface area contributed by atoms with E-state index in [0.29, 0.717) is 6.54 Å². The summed E-state index contributed by atoms with van der Waals surface area (Å²) in [6, 6.07) is 8.46. The standard InChI is InChI=1S/C14H18BrN3S/c1-18(7-5-12-4-2-3-6-17-12)13(9-16)14-8-11(15)10-19-14/h2-4,6,8,10,13H,5,7,9,16H2,1H3. The number of nitrogens with zero attached hydrogens (tertiary/aromatic N) is 2. The molecule has 0 saturated carbocycles. The molecule has 0 fully saturated rings. The molecule has 0 spiro atoms. The van der Waals surface area contributed by atoms with Gasteiger partial charge in [0.15, 0.2) is 0 Å². The number of aromatic nitrogens is 1. The molecule has 0 bridgehead atoms. The molecule has 1 unspecified atom stereocenters. The topological polar surface area (TPSA) is 42.2 Å². The third-order valence-corrected chi connectivity index (χ3v) is 4.91. The SMILES string of the molecule is CN(CCc1ccccn1)C(CN)c1cc(Br)cs1. The quantitative estimate of drug-likeness (QED) is 0.879. The fraction of sp³-hybridized carbons (Fsp3) is 0.357. The minimum Gasteiger partial charge on any atom is -0.329 e. The van der Waals surface area contributed by atoms with E-state index >= 15 is 0 Å². The molecule has 2 rings (SSSR count). The minimum atomic E-state index is 0.278. The lowest BCUT2D eigenvalue weighted by Gasteiger charge is -2.25. The van der Waals surface area contributed by atoms with Gasteiger partial charge >= 0.3 is 0 Å². The summed E-state index contributed by atoms with van der Waals surface area (Å²) in [5.41, 5.74) is 7.04. The Hall–Kier alpha value is -0.750. The van der Waals surface area contributed by atoms with Crippen LogP contribution in [0.25, 0.3) is 0 Å². The summed E-state index contributed by atoms with van der Waals surface area (Å²) in [7, 11) is 2.12. The lowest BCUT2D eigenvalue weighted by molar-refractivity contribution is 0.256. The van der Waals surface area contributed by atoms with Crippen LogP contribution in [0.4, 0.5) is 0 Å². The van der Waals surface area contributed by atoms with Crippen molar-refractivity contribution >= 4 is 27.3 Å². The summed E-state index contributed by atoms with van der Waals surface area (Å²) < 4.78 is 1.13. The summed E-state index contributed by atoms with van der Waals surface area (Å²) in [6.07, 6.45) is 2.78. The molecule has 0 saturated heterocycles. The number of nitrogens with two attached hydrogens (primary N) is 1. The van der Waals surface area contributed by atoms with Crippen molar-refractivity contribution in [3.63, 3.8) is 0 Å². The van der Waals surface area contributed by atoms with Crippen LogP contribution < -0.4 is 5.73 Å². The zero-order valence-electron chi connectivity index (χ0n) is 10.9. The third kappa shape index (κ3) is 4.11. The summed E-state index contributed by atoms with van der Waals surface area (Å²) in [6.45, 7) is 1.58. The zero-order chi connectivity index (χ0) is 13.7. The summed E-state index contributed by atoms with van der Waals surface area (Å²) in [5, 5.41) is 2.10. The average molecular weight is 340 g/mol. The molecule has 2 aromatic rings. The van der Waals surface area contributed by atoms with Crippen LogP contribution in [0.2, 0.25) is 0 Å². The Balaban J connectivity index is 1.96. The highest BCUT2D eigenvalue weighted by atomic mass is 79.9. The van der Waals surface area contributed by atoms with E-state index in [2.05, 4.69) is 50.4 Å². The normalized spacial score (nSPS) is 12.8. The van der Waals surface area contributed by atoms with Gasteiger partial charge in [0, 0.05) is 46.1 Å². The van der Waals surface area contributed by atoms with Gasteiger partial charge in [-0.1, -0.05) is 6.07 Å². The van der Waals surface area contributed by atoms with E-state index in [-0.39, 0.29) is 6.04 Å². The van der Waals surface area contributed by atoms with E-state index in [1.807, 2.05) is 18.3 Å². The van der Waals surface area contributed by atoms with Gasteiger partial charge < -0.3 is 5.73 Å². The average Bonchev–Trinajstić information content (AvgIpc) is 2.85. The Bertz CT molecular complexity index is 500. The first-order valence-electron chi connectivity index (χ1n) is 6.25. The van der Waals surface area contributed by atoms with Crippen LogP contribution in [0, 0.1) is 0 Å². The van der Waals surface area contributed by atoms with E-state index < -0.39 is 0 Å². The predicted molar refractivity (Wildman–Crippen MR) is 84.4 cm³/mol. The molecule has 0 aromatic carbocycles. The van der Waals surface area contributed by atoms with Crippen molar-refractivity contribution in [2.45, 2.75) is 12.5 Å². The second-order valence-corrected chi connectivity index (χ2v) is 6.33. The Morgan fingerprint density at radius 3 is 2.89 bits per heavy atom. The van der Waals surface area contributed by atoms with Gasteiger partial charge in [-0.25, -0.2) is 0 Å². The van der Waals surface area contributed by atoms with Crippen LogP contribution in [0.3, 0.4) is 0 Å². The monoisotopic (exact) mass is 339 g/mol. The molecule has 3 nitrogen and oxygen atoms in total. The number of likely N-dealkylation sites (N-methyl/N-ethyl adjacent to an activating group) is 1. The highest BCUT2D eigenvalue weighted by molar-refractivity contribution is 9.10. The van der Waals surface area contributed by atoms with Gasteiger partial charge in [-0.3, -0.25) is 9.88 Å². The van der Waals surface area contributed by atoms with Crippen molar-refractivity contribution in [2.24, 2.45) is 5.73 Å². The number of hydrogen-bond donors (Lipinski definition) is 1. The molecule has 0 aliphatic heterocycles. The van der Waals surface area contributed by atoms with Crippen molar-refractivity contribution in [3.8, 4) is 0 Å². The smallest absolute Gasteiger partial charge is 0.0562 e. The molecule has 2 heterocycles. The van der Waals surface area contributed by atoms with E-state index in [1.165, 1.54) is 4.88 Å². The number of halogens is 1. The number of thiophene rings is 1. The molecule has 0 amide bonds. The maximum Gasteiger partial charge on any atom is 0.0562 e. The molecule has 5 heteroatoms. The van der Waals surface area contributed by atoms with Crippen LogP contribution in [-0.4, -0.2) is 30.0 Å². The first kappa shape index (κ1) is 14.7. The Morgan fingerprint density at radius 2 is 2.32 bits per heavy atom. The van der Waals surface area contributed by atoms with Crippen LogP contribution >= 0.6 is 27.3 Å². The van der Waals surface area contributed by atoms with Gasteiger partial charge in [0.25, 0.3) is 0 Å². The highest BCUT2D eigenvalue weighted by Crippen LogP contribution is 2.28. The molecule has 1 atom stereocenters. The molecule has 102 valence electrons. The molecule has 2 aromatic heterocycles. The largest absolute Gasteiger partial charge is 0.329 e. The Morgan fingerprint density at radius 1 is 1.47 bits per heavy atom. The van der Waals surface area contributed by atoms with E-state index in [9.17, 15) is 0 Å². The van der Waals surface area contributed by atoms with Gasteiger partial charge in [0.2, 0.25) is 0 Å². The maximum atomic E-state index is 5.92. The minimum absolute atomic E-state index is 0.278. The lowest BCUT2D eigenvalue weighted by Crippen LogP contribution is -2.31. The van der Waals surface area contributed by atoms with Gasteiger partial charge in [-0.05, 0) is 41.2 Å². The Kier molecular flexibility index (Phi) is 5.51. The van der Waals surface area contributed by atoms with Crippen molar-refractivity contribution in [1.82, 2.24) is 9.88 Å². The van der Waals surface area contributed by atoms with Crippen LogP contribution in [0.5, 0.6) is 0 Å². The van der Waals surface area contributed by atoms with Crippen molar-refractivity contribution in [2.75, 3.05) is 20.1 Å². The highest BCUT2D eigenvalue weighted by Gasteiger charge is 2.17. The third-order valence-electron chi connectivity index (χ3n) is 3.12. The Labute approximate surface area is 126 Å². The predicted octanol–water partition coefficient (Wildman–Crippen LogP) is 3.08. The number of rotatable bonds is 6. The van der Waals surface area contributed by atoms with Crippen LogP contribution in [0.1, 0.15) is 16.6 Å². The van der Waals surface area contributed by atoms with Crippen molar-refractivity contribution < 1.29 is 0 Å². The van der Waals surface area contributed by atoms with E-state index in [0.717, 1.165) is 23.1 Å².